The average Bonchev–Trinajstić information content (AvgIpc) is 2.92. The predicted octanol–water partition coefficient (Wildman–Crippen LogP) is 4.12. The fourth-order valence-electron chi connectivity index (χ4n) is 3.42. The van der Waals surface area contributed by atoms with E-state index in [9.17, 15) is 14.4 Å². The fourth-order valence-corrected chi connectivity index (χ4v) is 4.43. The Morgan fingerprint density at radius 2 is 1.31 bits per heavy atom. The van der Waals surface area contributed by atoms with Gasteiger partial charge >= 0.3 is 12.1 Å². The van der Waals surface area contributed by atoms with Gasteiger partial charge < -0.3 is 20.1 Å². The van der Waals surface area contributed by atoms with E-state index in [0.717, 1.165) is 16.7 Å². The topological polar surface area (TPSA) is 93.7 Å². The summed E-state index contributed by atoms with van der Waals surface area (Å²) in [4.78, 5) is 38.1. The predicted molar refractivity (Wildman–Crippen MR) is 140 cm³/mol. The van der Waals surface area contributed by atoms with Crippen molar-refractivity contribution in [3.63, 3.8) is 0 Å². The highest BCUT2D eigenvalue weighted by Gasteiger charge is 2.28. The number of hydrogen-bond acceptors (Lipinski definition) is 6. The Balaban J connectivity index is 1.65. The summed E-state index contributed by atoms with van der Waals surface area (Å²) >= 11 is 1.50. The Bertz CT molecular complexity index is 1100. The molecule has 0 saturated heterocycles. The van der Waals surface area contributed by atoms with Crippen molar-refractivity contribution in [1.29, 1.82) is 0 Å². The van der Waals surface area contributed by atoms with Crippen LogP contribution >= 0.6 is 11.8 Å². The van der Waals surface area contributed by atoms with Crippen molar-refractivity contribution in [1.82, 2.24) is 10.6 Å². The molecule has 0 fully saturated rings. The lowest BCUT2D eigenvalue weighted by Gasteiger charge is -2.22. The lowest BCUT2D eigenvalue weighted by molar-refractivity contribution is -0.145. The van der Waals surface area contributed by atoms with Gasteiger partial charge in [0.25, 0.3) is 0 Å². The zero-order valence-corrected chi connectivity index (χ0v) is 20.9. The number of carbonyl (C=O) groups is 3. The summed E-state index contributed by atoms with van der Waals surface area (Å²) in [5.41, 5.74) is 2.81. The quantitative estimate of drug-likeness (QED) is 0.359. The number of thioether (sulfide) groups is 1. The van der Waals surface area contributed by atoms with Crippen LogP contribution in [0.3, 0.4) is 0 Å². The van der Waals surface area contributed by atoms with Gasteiger partial charge in [-0.1, -0.05) is 91.0 Å². The number of hydrogen-bond donors (Lipinski definition) is 2. The second kappa shape index (κ2) is 14.6. The number of esters is 1. The van der Waals surface area contributed by atoms with Crippen LogP contribution < -0.4 is 10.6 Å². The molecule has 36 heavy (non-hydrogen) atoms. The Morgan fingerprint density at radius 1 is 0.750 bits per heavy atom. The van der Waals surface area contributed by atoms with Gasteiger partial charge in [0.15, 0.2) is 0 Å². The largest absolute Gasteiger partial charge is 0.467 e. The van der Waals surface area contributed by atoms with Gasteiger partial charge in [-0.2, -0.15) is 11.8 Å². The summed E-state index contributed by atoms with van der Waals surface area (Å²) in [6, 6.07) is 26.6. The first kappa shape index (κ1) is 26.8. The molecule has 8 heteroatoms. The van der Waals surface area contributed by atoms with E-state index in [2.05, 4.69) is 10.6 Å². The SMILES string of the molecule is COC(=O)[C@@H](Cc1ccccc1)NC(=O)[C@@H](CSCc1ccccc1)NC(=O)OCc1ccccc1. The summed E-state index contributed by atoms with van der Waals surface area (Å²) in [5, 5.41) is 5.40. The molecule has 3 rings (SSSR count). The number of amides is 2. The van der Waals surface area contributed by atoms with Gasteiger partial charge in [0.1, 0.15) is 18.7 Å². The average molecular weight is 507 g/mol. The molecule has 0 radical (unpaired) electrons. The third-order valence-electron chi connectivity index (χ3n) is 5.30. The highest BCUT2D eigenvalue weighted by atomic mass is 32.2. The van der Waals surface area contributed by atoms with Crippen molar-refractivity contribution in [3.8, 4) is 0 Å². The molecule has 2 atom stereocenters. The molecule has 3 aromatic carbocycles. The number of alkyl carbamates (subject to hydrolysis) is 1. The van der Waals surface area contributed by atoms with Crippen LogP contribution in [-0.2, 0) is 37.8 Å². The summed E-state index contributed by atoms with van der Waals surface area (Å²) < 4.78 is 10.2. The van der Waals surface area contributed by atoms with Gasteiger partial charge in [-0.3, -0.25) is 4.79 Å². The lowest BCUT2D eigenvalue weighted by Crippen LogP contribution is -2.53. The molecular weight excluding hydrogens is 476 g/mol. The van der Waals surface area contributed by atoms with Crippen molar-refractivity contribution < 1.29 is 23.9 Å². The first-order valence-corrected chi connectivity index (χ1v) is 12.7. The van der Waals surface area contributed by atoms with Gasteiger partial charge in [-0.15, -0.1) is 0 Å². The highest BCUT2D eigenvalue weighted by molar-refractivity contribution is 7.98. The number of rotatable bonds is 12. The van der Waals surface area contributed by atoms with Crippen LogP contribution in [0.1, 0.15) is 16.7 Å². The minimum atomic E-state index is -0.912. The maximum absolute atomic E-state index is 13.2. The highest BCUT2D eigenvalue weighted by Crippen LogP contribution is 2.14. The monoisotopic (exact) mass is 506 g/mol. The van der Waals surface area contributed by atoms with Crippen molar-refractivity contribution in [2.75, 3.05) is 12.9 Å². The first-order chi connectivity index (χ1) is 17.5. The van der Waals surface area contributed by atoms with Crippen molar-refractivity contribution in [2.45, 2.75) is 30.9 Å². The molecule has 188 valence electrons. The van der Waals surface area contributed by atoms with E-state index in [1.165, 1.54) is 18.9 Å². The van der Waals surface area contributed by atoms with Crippen LogP contribution in [0.5, 0.6) is 0 Å². The third-order valence-corrected chi connectivity index (χ3v) is 6.41. The molecule has 0 unspecified atom stereocenters. The van der Waals surface area contributed by atoms with Crippen molar-refractivity contribution in [2.24, 2.45) is 0 Å². The van der Waals surface area contributed by atoms with Crippen LogP contribution in [-0.4, -0.2) is 42.9 Å². The number of nitrogens with one attached hydrogen (secondary N) is 2. The van der Waals surface area contributed by atoms with E-state index < -0.39 is 30.1 Å². The Hall–Kier alpha value is -3.78. The van der Waals surface area contributed by atoms with Crippen LogP contribution in [0.15, 0.2) is 91.0 Å². The maximum atomic E-state index is 13.2. The molecule has 7 nitrogen and oxygen atoms in total. The van der Waals surface area contributed by atoms with Gasteiger partial charge in [-0.05, 0) is 16.7 Å². The second-order valence-electron chi connectivity index (χ2n) is 8.03. The van der Waals surface area contributed by atoms with Crippen molar-refractivity contribution in [3.05, 3.63) is 108 Å². The van der Waals surface area contributed by atoms with E-state index in [1.54, 1.807) is 0 Å². The molecule has 0 saturated carbocycles. The van der Waals surface area contributed by atoms with Crippen molar-refractivity contribution >= 4 is 29.7 Å². The van der Waals surface area contributed by atoms with E-state index in [4.69, 9.17) is 9.47 Å². The number of benzene rings is 3. The number of ether oxygens (including phenoxy) is 2. The molecule has 2 amide bonds. The van der Waals surface area contributed by atoms with E-state index in [-0.39, 0.29) is 13.0 Å². The maximum Gasteiger partial charge on any atom is 0.408 e. The molecule has 0 aliphatic heterocycles. The lowest BCUT2D eigenvalue weighted by atomic mass is 10.1. The molecule has 3 aromatic rings. The Morgan fingerprint density at radius 3 is 1.89 bits per heavy atom. The molecule has 0 heterocycles. The van der Waals surface area contributed by atoms with E-state index in [0.29, 0.717) is 11.5 Å². The minimum absolute atomic E-state index is 0.0803. The zero-order valence-electron chi connectivity index (χ0n) is 20.1. The normalized spacial score (nSPS) is 12.1. The molecule has 0 aliphatic rings. The number of methoxy groups -OCH3 is 1. The third kappa shape index (κ3) is 9.11. The van der Waals surface area contributed by atoms with Crippen LogP contribution in [0, 0.1) is 0 Å². The fraction of sp³-hybridized carbons (Fsp3) is 0.250. The van der Waals surface area contributed by atoms with Gasteiger partial charge in [-0.25, -0.2) is 9.59 Å². The Labute approximate surface area is 215 Å². The molecule has 0 aromatic heterocycles. The van der Waals surface area contributed by atoms with Crippen LogP contribution in [0.4, 0.5) is 4.79 Å². The smallest absolute Gasteiger partial charge is 0.408 e. The van der Waals surface area contributed by atoms with Crippen LogP contribution in [0.25, 0.3) is 0 Å². The standard InChI is InChI=1S/C28H30N2O5S/c1-34-27(32)24(17-21-11-5-2-6-12-21)29-26(31)25(20-36-19-23-15-9-4-10-16-23)30-28(33)35-18-22-13-7-3-8-14-22/h2-16,24-25H,17-20H2,1H3,(H,29,31)(H,30,33)/t24-,25-/m1/s1. The van der Waals surface area contributed by atoms with E-state index in [1.807, 2.05) is 91.0 Å². The van der Waals surface area contributed by atoms with E-state index >= 15 is 0 Å². The minimum Gasteiger partial charge on any atom is -0.467 e. The van der Waals surface area contributed by atoms with Gasteiger partial charge in [0.2, 0.25) is 5.91 Å². The summed E-state index contributed by atoms with van der Waals surface area (Å²) in [6.45, 7) is 0.0803. The van der Waals surface area contributed by atoms with Gasteiger partial charge in [0, 0.05) is 17.9 Å². The summed E-state index contributed by atoms with van der Waals surface area (Å²) in [5.74, 6) is -0.0935. The Kier molecular flexibility index (Phi) is 10.9. The second-order valence-corrected chi connectivity index (χ2v) is 9.06. The zero-order chi connectivity index (χ0) is 25.6. The molecule has 0 spiro atoms. The summed E-state index contributed by atoms with van der Waals surface area (Å²) in [6.07, 6.45) is -0.446. The summed E-state index contributed by atoms with van der Waals surface area (Å²) in [7, 11) is 1.28. The van der Waals surface area contributed by atoms with Crippen LogP contribution in [0.2, 0.25) is 0 Å². The molecule has 0 aliphatic carbocycles. The molecule has 0 bridgehead atoms. The number of carbonyl (C=O) groups excluding carboxylic acids is 3. The van der Waals surface area contributed by atoms with Gasteiger partial charge in [0.05, 0.1) is 7.11 Å². The first-order valence-electron chi connectivity index (χ1n) is 11.6. The molecule has 2 N–H and O–H groups in total. The molecular formula is C28H30N2O5S.